The Bertz CT molecular complexity index is 964. The summed E-state index contributed by atoms with van der Waals surface area (Å²) >= 11 is 0. The standard InChI is InChI=1S/C48H84O6/c1-4-7-10-13-16-18-20-22-24-25-27-28-30-32-35-38-41-47(50)53-44-45(43-52-46(49)40-37-34-15-12-9-6-3)54-48(51)42-39-36-33-31-29-26-23-21-19-17-14-11-8-5-2/h14,17-18,20-21,23-25,45H,4-13,15-16,19,22,26-44H2,1-3H3/b17-14-,20-18-,23-21-,25-24-. The molecular formula is C48H84O6. The first-order valence-corrected chi connectivity index (χ1v) is 22.6. The second-order valence-electron chi connectivity index (χ2n) is 15.0. The number of allylic oxidation sites excluding steroid dienone is 8. The zero-order valence-corrected chi connectivity index (χ0v) is 35.5. The average molecular weight is 757 g/mol. The lowest BCUT2D eigenvalue weighted by Crippen LogP contribution is -2.30. The van der Waals surface area contributed by atoms with Gasteiger partial charge in [0.2, 0.25) is 0 Å². The van der Waals surface area contributed by atoms with Crippen LogP contribution in [0.5, 0.6) is 0 Å². The Kier molecular flexibility index (Phi) is 41.0. The van der Waals surface area contributed by atoms with Crippen LogP contribution < -0.4 is 0 Å². The fourth-order valence-electron chi connectivity index (χ4n) is 6.07. The molecule has 0 radical (unpaired) electrons. The van der Waals surface area contributed by atoms with Crippen LogP contribution in [0.3, 0.4) is 0 Å². The number of esters is 3. The van der Waals surface area contributed by atoms with Crippen molar-refractivity contribution >= 4 is 17.9 Å². The van der Waals surface area contributed by atoms with Crippen molar-refractivity contribution < 1.29 is 28.6 Å². The molecule has 0 heterocycles. The minimum absolute atomic E-state index is 0.0838. The van der Waals surface area contributed by atoms with E-state index in [1.165, 1.54) is 77.0 Å². The summed E-state index contributed by atoms with van der Waals surface area (Å²) in [6.07, 6.45) is 49.6. The highest BCUT2D eigenvalue weighted by molar-refractivity contribution is 5.71. The molecule has 0 saturated heterocycles. The van der Waals surface area contributed by atoms with Crippen LogP contribution in [-0.2, 0) is 28.6 Å². The maximum atomic E-state index is 12.7. The fraction of sp³-hybridized carbons (Fsp3) is 0.771. The van der Waals surface area contributed by atoms with Crippen LogP contribution >= 0.6 is 0 Å². The van der Waals surface area contributed by atoms with Gasteiger partial charge in [0.15, 0.2) is 6.10 Å². The molecule has 0 N–H and O–H groups in total. The molecule has 0 aromatic carbocycles. The van der Waals surface area contributed by atoms with Gasteiger partial charge in [0.25, 0.3) is 0 Å². The Morgan fingerprint density at radius 3 is 1.09 bits per heavy atom. The Morgan fingerprint density at radius 2 is 0.685 bits per heavy atom. The predicted molar refractivity (Wildman–Crippen MR) is 229 cm³/mol. The highest BCUT2D eigenvalue weighted by Gasteiger charge is 2.19. The lowest BCUT2D eigenvalue weighted by atomic mass is 10.1. The molecule has 1 unspecified atom stereocenters. The van der Waals surface area contributed by atoms with E-state index in [4.69, 9.17) is 14.2 Å². The molecule has 6 heteroatoms. The summed E-state index contributed by atoms with van der Waals surface area (Å²) in [5.41, 5.74) is 0. The SMILES string of the molecule is CCCC/C=C\C/C=C\CCCCCCCC(=O)OC(COC(=O)CCCCCCCC)COC(=O)CCCCCCC/C=C\C/C=C\CCCCCC. The second kappa shape index (κ2) is 43.1. The fourth-order valence-corrected chi connectivity index (χ4v) is 6.07. The van der Waals surface area contributed by atoms with Crippen LogP contribution in [-0.4, -0.2) is 37.2 Å². The van der Waals surface area contributed by atoms with E-state index in [2.05, 4.69) is 69.4 Å². The number of hydrogen-bond acceptors (Lipinski definition) is 6. The first-order chi connectivity index (χ1) is 26.5. The predicted octanol–water partition coefficient (Wildman–Crippen LogP) is 14.4. The van der Waals surface area contributed by atoms with Gasteiger partial charge in [-0.2, -0.15) is 0 Å². The highest BCUT2D eigenvalue weighted by atomic mass is 16.6. The van der Waals surface area contributed by atoms with Gasteiger partial charge < -0.3 is 14.2 Å². The Labute approximate surface area is 333 Å². The number of rotatable bonds is 40. The van der Waals surface area contributed by atoms with Crippen molar-refractivity contribution in [3.8, 4) is 0 Å². The maximum Gasteiger partial charge on any atom is 0.306 e. The van der Waals surface area contributed by atoms with E-state index < -0.39 is 6.10 Å². The molecule has 312 valence electrons. The van der Waals surface area contributed by atoms with Crippen LogP contribution in [0, 0.1) is 0 Å². The molecule has 0 aliphatic carbocycles. The summed E-state index contributed by atoms with van der Waals surface area (Å²) in [5.74, 6) is -0.923. The molecule has 0 aromatic heterocycles. The van der Waals surface area contributed by atoms with E-state index >= 15 is 0 Å². The Morgan fingerprint density at radius 1 is 0.370 bits per heavy atom. The van der Waals surface area contributed by atoms with Crippen LogP contribution in [0.15, 0.2) is 48.6 Å². The van der Waals surface area contributed by atoms with Gasteiger partial charge in [-0.25, -0.2) is 0 Å². The highest BCUT2D eigenvalue weighted by Crippen LogP contribution is 2.13. The van der Waals surface area contributed by atoms with Gasteiger partial charge in [0.1, 0.15) is 13.2 Å². The number of carbonyl (C=O) groups is 3. The Balaban J connectivity index is 4.32. The van der Waals surface area contributed by atoms with Crippen molar-refractivity contribution in [1.29, 1.82) is 0 Å². The van der Waals surface area contributed by atoms with Crippen molar-refractivity contribution in [2.24, 2.45) is 0 Å². The van der Waals surface area contributed by atoms with Crippen molar-refractivity contribution in [2.75, 3.05) is 13.2 Å². The topological polar surface area (TPSA) is 78.9 Å². The van der Waals surface area contributed by atoms with Gasteiger partial charge in [-0.3, -0.25) is 14.4 Å². The molecule has 0 amide bonds. The normalized spacial score (nSPS) is 12.4. The van der Waals surface area contributed by atoms with Gasteiger partial charge in [-0.15, -0.1) is 0 Å². The van der Waals surface area contributed by atoms with Crippen LogP contribution in [0.25, 0.3) is 0 Å². The van der Waals surface area contributed by atoms with Gasteiger partial charge in [0, 0.05) is 19.3 Å². The van der Waals surface area contributed by atoms with Crippen molar-refractivity contribution in [3.05, 3.63) is 48.6 Å². The molecule has 0 rings (SSSR count). The molecule has 0 aliphatic heterocycles. The molecule has 0 fully saturated rings. The minimum atomic E-state index is -0.780. The molecule has 0 bridgehead atoms. The van der Waals surface area contributed by atoms with Crippen molar-refractivity contribution in [2.45, 2.75) is 226 Å². The Hall–Kier alpha value is -2.63. The number of carbonyl (C=O) groups excluding carboxylic acids is 3. The third-order valence-electron chi connectivity index (χ3n) is 9.56. The van der Waals surface area contributed by atoms with Gasteiger partial charge in [0.05, 0.1) is 0 Å². The van der Waals surface area contributed by atoms with E-state index in [-0.39, 0.29) is 31.1 Å². The minimum Gasteiger partial charge on any atom is -0.462 e. The van der Waals surface area contributed by atoms with E-state index in [0.717, 1.165) is 103 Å². The molecule has 54 heavy (non-hydrogen) atoms. The lowest BCUT2D eigenvalue weighted by molar-refractivity contribution is -0.167. The second-order valence-corrected chi connectivity index (χ2v) is 15.0. The third-order valence-corrected chi connectivity index (χ3v) is 9.56. The molecule has 1 atom stereocenters. The molecule has 6 nitrogen and oxygen atoms in total. The molecule has 0 aromatic rings. The van der Waals surface area contributed by atoms with E-state index in [0.29, 0.717) is 19.3 Å². The summed E-state index contributed by atoms with van der Waals surface area (Å²) in [4.78, 5) is 37.5. The van der Waals surface area contributed by atoms with Crippen LogP contribution in [0.1, 0.15) is 220 Å². The average Bonchev–Trinajstić information content (AvgIpc) is 3.17. The van der Waals surface area contributed by atoms with Crippen molar-refractivity contribution in [3.63, 3.8) is 0 Å². The maximum absolute atomic E-state index is 12.7. The summed E-state index contributed by atoms with van der Waals surface area (Å²) in [7, 11) is 0. The summed E-state index contributed by atoms with van der Waals surface area (Å²) in [5, 5.41) is 0. The largest absolute Gasteiger partial charge is 0.462 e. The monoisotopic (exact) mass is 757 g/mol. The first-order valence-electron chi connectivity index (χ1n) is 22.6. The van der Waals surface area contributed by atoms with E-state index in [9.17, 15) is 14.4 Å². The van der Waals surface area contributed by atoms with Gasteiger partial charge >= 0.3 is 17.9 Å². The summed E-state index contributed by atoms with van der Waals surface area (Å²) < 4.78 is 16.6. The molecule has 0 saturated carbocycles. The molecular weight excluding hydrogens is 673 g/mol. The zero-order valence-electron chi connectivity index (χ0n) is 35.5. The molecule has 0 spiro atoms. The van der Waals surface area contributed by atoms with Crippen LogP contribution in [0.4, 0.5) is 0 Å². The van der Waals surface area contributed by atoms with E-state index in [1.807, 2.05) is 0 Å². The first kappa shape index (κ1) is 51.4. The number of unbranched alkanes of at least 4 members (excludes halogenated alkanes) is 21. The van der Waals surface area contributed by atoms with Gasteiger partial charge in [-0.1, -0.05) is 172 Å². The molecule has 0 aliphatic rings. The van der Waals surface area contributed by atoms with Crippen LogP contribution in [0.2, 0.25) is 0 Å². The smallest absolute Gasteiger partial charge is 0.306 e. The quantitative estimate of drug-likeness (QED) is 0.0268. The number of hydrogen-bond donors (Lipinski definition) is 0. The third kappa shape index (κ3) is 40.6. The lowest BCUT2D eigenvalue weighted by Gasteiger charge is -2.18. The number of ether oxygens (including phenoxy) is 3. The zero-order chi connectivity index (χ0) is 39.4. The summed E-state index contributed by atoms with van der Waals surface area (Å²) in [6, 6.07) is 0. The van der Waals surface area contributed by atoms with Gasteiger partial charge in [-0.05, 0) is 77.0 Å². The summed E-state index contributed by atoms with van der Waals surface area (Å²) in [6.45, 7) is 6.48. The van der Waals surface area contributed by atoms with E-state index in [1.54, 1.807) is 0 Å². The van der Waals surface area contributed by atoms with Crippen molar-refractivity contribution in [1.82, 2.24) is 0 Å².